The molecule has 1 aromatic carbocycles. The summed E-state index contributed by atoms with van der Waals surface area (Å²) in [6, 6.07) is 10.6. The highest BCUT2D eigenvalue weighted by Crippen LogP contribution is 2.16. The predicted molar refractivity (Wildman–Crippen MR) is 63.7 cm³/mol. The first-order valence-corrected chi connectivity index (χ1v) is 5.56. The fourth-order valence-electron chi connectivity index (χ4n) is 1.51. The second-order valence-corrected chi connectivity index (χ2v) is 3.99. The second kappa shape index (κ2) is 4.25. The molecule has 0 amide bonds. The van der Waals surface area contributed by atoms with Gasteiger partial charge in [0.25, 0.3) is 0 Å². The largest absolute Gasteiger partial charge is 0.152 e. The Balaban J connectivity index is 2.28. The van der Waals surface area contributed by atoms with Crippen LogP contribution >= 0.6 is 11.3 Å². The Morgan fingerprint density at radius 2 is 2.07 bits per heavy atom. The quantitative estimate of drug-likeness (QED) is 0.703. The predicted octanol–water partition coefficient (Wildman–Crippen LogP) is 3.98. The Kier molecular flexibility index (Phi) is 2.80. The van der Waals surface area contributed by atoms with Gasteiger partial charge in [-0.1, -0.05) is 36.9 Å². The van der Waals surface area contributed by atoms with Crippen molar-refractivity contribution in [2.75, 3.05) is 0 Å². The molecule has 1 heterocycles. The van der Waals surface area contributed by atoms with E-state index in [0.717, 1.165) is 6.42 Å². The molecule has 0 N–H and O–H groups in total. The first-order chi connectivity index (χ1) is 6.90. The van der Waals surface area contributed by atoms with Crippen molar-refractivity contribution in [3.63, 3.8) is 0 Å². The fraction of sp³-hybridized carbons (Fsp3) is 0.0769. The Hall–Kier alpha value is -1.34. The summed E-state index contributed by atoms with van der Waals surface area (Å²) in [5.41, 5.74) is 3.96. The molecule has 14 heavy (non-hydrogen) atoms. The average molecular weight is 200 g/mol. The minimum atomic E-state index is 1.01. The maximum Gasteiger partial charge on any atom is -0.00116 e. The van der Waals surface area contributed by atoms with Gasteiger partial charge >= 0.3 is 0 Å². The second-order valence-electron chi connectivity index (χ2n) is 3.21. The van der Waals surface area contributed by atoms with Gasteiger partial charge in [-0.3, -0.25) is 0 Å². The van der Waals surface area contributed by atoms with Gasteiger partial charge in [0.15, 0.2) is 0 Å². The van der Waals surface area contributed by atoms with Gasteiger partial charge in [-0.25, -0.2) is 0 Å². The van der Waals surface area contributed by atoms with Crippen LogP contribution in [0.15, 0.2) is 47.7 Å². The van der Waals surface area contributed by atoms with Crippen molar-refractivity contribution in [3.8, 4) is 0 Å². The van der Waals surface area contributed by atoms with Crippen molar-refractivity contribution >= 4 is 17.4 Å². The third-order valence-corrected chi connectivity index (χ3v) is 2.98. The third kappa shape index (κ3) is 1.94. The normalized spacial score (nSPS) is 10.0. The molecule has 0 bridgehead atoms. The zero-order chi connectivity index (χ0) is 9.80. The van der Waals surface area contributed by atoms with Gasteiger partial charge in [0, 0.05) is 0 Å². The molecule has 2 rings (SSSR count). The van der Waals surface area contributed by atoms with Gasteiger partial charge in [0.1, 0.15) is 0 Å². The molecule has 0 saturated carbocycles. The summed E-state index contributed by atoms with van der Waals surface area (Å²) in [4.78, 5) is 0. The Morgan fingerprint density at radius 3 is 2.79 bits per heavy atom. The van der Waals surface area contributed by atoms with Crippen LogP contribution in [0, 0.1) is 0 Å². The minimum absolute atomic E-state index is 1.01. The molecule has 1 heteroatoms. The average Bonchev–Trinajstić information content (AvgIpc) is 2.71. The lowest BCUT2D eigenvalue weighted by molar-refractivity contribution is 1.20. The van der Waals surface area contributed by atoms with Crippen LogP contribution < -0.4 is 0 Å². The Morgan fingerprint density at radius 1 is 1.21 bits per heavy atom. The smallest absolute Gasteiger partial charge is 0.00116 e. The summed E-state index contributed by atoms with van der Waals surface area (Å²) < 4.78 is 0. The third-order valence-electron chi connectivity index (χ3n) is 2.25. The summed E-state index contributed by atoms with van der Waals surface area (Å²) in [6.45, 7) is 3.82. The Bertz CT molecular complexity index is 413. The van der Waals surface area contributed by atoms with Crippen LogP contribution in [0.2, 0.25) is 0 Å². The molecule has 1 aromatic heterocycles. The molecule has 0 fully saturated rings. The van der Waals surface area contributed by atoms with Gasteiger partial charge in [-0.2, -0.15) is 11.3 Å². The van der Waals surface area contributed by atoms with E-state index >= 15 is 0 Å². The molecule has 0 aliphatic heterocycles. The van der Waals surface area contributed by atoms with Gasteiger partial charge in [0.2, 0.25) is 0 Å². The maximum absolute atomic E-state index is 3.82. The first-order valence-electron chi connectivity index (χ1n) is 4.61. The molecule has 0 spiro atoms. The maximum atomic E-state index is 3.82. The van der Waals surface area contributed by atoms with E-state index in [1.807, 2.05) is 12.1 Å². The zero-order valence-electron chi connectivity index (χ0n) is 7.94. The van der Waals surface area contributed by atoms with Gasteiger partial charge in [0.05, 0.1) is 0 Å². The van der Waals surface area contributed by atoms with Crippen LogP contribution in [0.4, 0.5) is 0 Å². The number of rotatable bonds is 3. The van der Waals surface area contributed by atoms with Crippen LogP contribution in [-0.2, 0) is 6.42 Å². The summed E-state index contributed by atoms with van der Waals surface area (Å²) in [5.74, 6) is 0. The molecule has 0 saturated heterocycles. The molecule has 0 nitrogen and oxygen atoms in total. The van der Waals surface area contributed by atoms with Crippen molar-refractivity contribution in [1.82, 2.24) is 0 Å². The van der Waals surface area contributed by atoms with Crippen LogP contribution in [0.1, 0.15) is 16.7 Å². The number of thiophene rings is 1. The first kappa shape index (κ1) is 9.22. The van der Waals surface area contributed by atoms with Crippen molar-refractivity contribution in [1.29, 1.82) is 0 Å². The standard InChI is InChI=1S/C13H12S/c1-2-12-5-3-4-6-13(12)9-11-7-8-14-10-11/h2-8,10H,1,9H2. The van der Waals surface area contributed by atoms with Crippen LogP contribution in [-0.4, -0.2) is 0 Å². The topological polar surface area (TPSA) is 0 Å². The number of hydrogen-bond donors (Lipinski definition) is 0. The van der Waals surface area contributed by atoms with Gasteiger partial charge < -0.3 is 0 Å². The van der Waals surface area contributed by atoms with Crippen LogP contribution in [0.5, 0.6) is 0 Å². The van der Waals surface area contributed by atoms with Crippen molar-refractivity contribution < 1.29 is 0 Å². The van der Waals surface area contributed by atoms with Crippen molar-refractivity contribution in [2.45, 2.75) is 6.42 Å². The monoisotopic (exact) mass is 200 g/mol. The SMILES string of the molecule is C=Cc1ccccc1Cc1ccsc1. The van der Waals surface area contributed by atoms with E-state index in [0.29, 0.717) is 0 Å². The highest BCUT2D eigenvalue weighted by Gasteiger charge is 1.99. The highest BCUT2D eigenvalue weighted by molar-refractivity contribution is 7.07. The van der Waals surface area contributed by atoms with Crippen molar-refractivity contribution in [2.24, 2.45) is 0 Å². The van der Waals surface area contributed by atoms with Gasteiger partial charge in [-0.05, 0) is 39.9 Å². The zero-order valence-corrected chi connectivity index (χ0v) is 8.76. The van der Waals surface area contributed by atoms with E-state index < -0.39 is 0 Å². The minimum Gasteiger partial charge on any atom is -0.152 e. The van der Waals surface area contributed by atoms with E-state index in [-0.39, 0.29) is 0 Å². The van der Waals surface area contributed by atoms with Crippen molar-refractivity contribution in [3.05, 3.63) is 64.4 Å². The van der Waals surface area contributed by atoms with E-state index in [2.05, 4.69) is 41.6 Å². The van der Waals surface area contributed by atoms with E-state index in [9.17, 15) is 0 Å². The number of hydrogen-bond acceptors (Lipinski definition) is 1. The molecule has 0 radical (unpaired) electrons. The van der Waals surface area contributed by atoms with E-state index in [4.69, 9.17) is 0 Å². The lowest BCUT2D eigenvalue weighted by atomic mass is 10.0. The molecule has 0 aliphatic rings. The summed E-state index contributed by atoms with van der Waals surface area (Å²) in [5, 5.41) is 4.31. The molecular formula is C13H12S. The lowest BCUT2D eigenvalue weighted by Crippen LogP contribution is -1.88. The molecule has 70 valence electrons. The fourth-order valence-corrected chi connectivity index (χ4v) is 2.18. The van der Waals surface area contributed by atoms with E-state index in [1.54, 1.807) is 11.3 Å². The summed E-state index contributed by atoms with van der Waals surface area (Å²) in [6.07, 6.45) is 2.92. The molecule has 2 aromatic rings. The van der Waals surface area contributed by atoms with Crippen LogP contribution in [0.3, 0.4) is 0 Å². The molecular weight excluding hydrogens is 188 g/mol. The Labute approximate surface area is 88.5 Å². The number of benzene rings is 1. The summed E-state index contributed by atoms with van der Waals surface area (Å²) in [7, 11) is 0. The summed E-state index contributed by atoms with van der Waals surface area (Å²) >= 11 is 1.75. The van der Waals surface area contributed by atoms with Gasteiger partial charge in [-0.15, -0.1) is 0 Å². The highest BCUT2D eigenvalue weighted by atomic mass is 32.1. The lowest BCUT2D eigenvalue weighted by Gasteiger charge is -2.03. The molecule has 0 aliphatic carbocycles. The van der Waals surface area contributed by atoms with E-state index in [1.165, 1.54) is 16.7 Å². The molecule has 0 atom stereocenters. The molecule has 0 unspecified atom stereocenters. The van der Waals surface area contributed by atoms with Crippen LogP contribution in [0.25, 0.3) is 6.08 Å².